The summed E-state index contributed by atoms with van der Waals surface area (Å²) < 4.78 is 5.44. The molecule has 1 aromatic heterocycles. The highest BCUT2D eigenvalue weighted by Gasteiger charge is 2.29. The van der Waals surface area contributed by atoms with Gasteiger partial charge in [-0.2, -0.15) is 0 Å². The van der Waals surface area contributed by atoms with Gasteiger partial charge in [0.2, 0.25) is 11.9 Å². The van der Waals surface area contributed by atoms with Crippen LogP contribution in [0.15, 0.2) is 42.7 Å². The number of aromatic nitrogens is 2. The van der Waals surface area contributed by atoms with Gasteiger partial charge in [0.15, 0.2) is 0 Å². The van der Waals surface area contributed by atoms with E-state index in [1.165, 1.54) is 0 Å². The molecule has 132 valence electrons. The minimum atomic E-state index is 0.181. The standard InChI is InChI=1S/C19H24N4O2/c1-25-17-8-3-2-6-15(17)14-16-7-4-13-23(16)18(24)9-12-22-19-20-10-5-11-21-19/h2-3,5-6,8,10-11,16H,4,7,9,12-14H2,1H3,(H,20,21,22)/t16-/m1/s1. The molecule has 2 heterocycles. The van der Waals surface area contributed by atoms with E-state index in [4.69, 9.17) is 4.74 Å². The normalized spacial score (nSPS) is 16.7. The summed E-state index contributed by atoms with van der Waals surface area (Å²) in [6.07, 6.45) is 6.74. The fraction of sp³-hybridized carbons (Fsp3) is 0.421. The van der Waals surface area contributed by atoms with E-state index in [0.717, 1.165) is 37.1 Å². The lowest BCUT2D eigenvalue weighted by Crippen LogP contribution is -2.37. The Balaban J connectivity index is 1.54. The van der Waals surface area contributed by atoms with Crippen LogP contribution >= 0.6 is 0 Å². The molecule has 3 rings (SSSR count). The number of carbonyl (C=O) groups is 1. The van der Waals surface area contributed by atoms with Gasteiger partial charge in [-0.15, -0.1) is 0 Å². The van der Waals surface area contributed by atoms with Crippen LogP contribution in [0.5, 0.6) is 5.75 Å². The minimum Gasteiger partial charge on any atom is -0.496 e. The largest absolute Gasteiger partial charge is 0.496 e. The highest BCUT2D eigenvalue weighted by molar-refractivity contribution is 5.77. The van der Waals surface area contributed by atoms with Gasteiger partial charge in [-0.25, -0.2) is 9.97 Å². The van der Waals surface area contributed by atoms with Crippen LogP contribution in [-0.2, 0) is 11.2 Å². The first kappa shape index (κ1) is 17.2. The third-order valence-corrected chi connectivity index (χ3v) is 4.53. The number of rotatable bonds is 7. The van der Waals surface area contributed by atoms with Gasteiger partial charge in [0.25, 0.3) is 0 Å². The van der Waals surface area contributed by atoms with Gasteiger partial charge in [0, 0.05) is 37.9 Å². The molecule has 6 nitrogen and oxygen atoms in total. The van der Waals surface area contributed by atoms with E-state index < -0.39 is 0 Å². The highest BCUT2D eigenvalue weighted by Crippen LogP contribution is 2.26. The molecule has 1 aliphatic rings. The van der Waals surface area contributed by atoms with Crippen molar-refractivity contribution in [3.8, 4) is 5.75 Å². The van der Waals surface area contributed by atoms with Crippen molar-refractivity contribution < 1.29 is 9.53 Å². The number of anilines is 1. The van der Waals surface area contributed by atoms with E-state index in [9.17, 15) is 4.79 Å². The van der Waals surface area contributed by atoms with Crippen molar-refractivity contribution >= 4 is 11.9 Å². The van der Waals surface area contributed by atoms with Gasteiger partial charge in [-0.05, 0) is 37.0 Å². The predicted octanol–water partition coefficient (Wildman–Crippen LogP) is 2.52. The maximum atomic E-state index is 12.6. The van der Waals surface area contributed by atoms with E-state index >= 15 is 0 Å². The number of likely N-dealkylation sites (tertiary alicyclic amines) is 1. The molecular formula is C19H24N4O2. The van der Waals surface area contributed by atoms with Crippen LogP contribution in [-0.4, -0.2) is 47.0 Å². The molecule has 0 unspecified atom stereocenters. The summed E-state index contributed by atoms with van der Waals surface area (Å²) in [5, 5.41) is 3.09. The van der Waals surface area contributed by atoms with Crippen molar-refractivity contribution in [2.75, 3.05) is 25.5 Å². The lowest BCUT2D eigenvalue weighted by atomic mass is 10.0. The van der Waals surface area contributed by atoms with Crippen LogP contribution in [0.2, 0.25) is 0 Å². The maximum absolute atomic E-state index is 12.6. The number of nitrogens with zero attached hydrogens (tertiary/aromatic N) is 3. The van der Waals surface area contributed by atoms with E-state index in [2.05, 4.69) is 21.4 Å². The first-order valence-corrected chi connectivity index (χ1v) is 8.70. The number of benzene rings is 1. The molecule has 0 saturated carbocycles. The van der Waals surface area contributed by atoms with Crippen LogP contribution in [0.4, 0.5) is 5.95 Å². The molecule has 1 aliphatic heterocycles. The van der Waals surface area contributed by atoms with Crippen molar-refractivity contribution in [2.45, 2.75) is 31.7 Å². The lowest BCUT2D eigenvalue weighted by molar-refractivity contribution is -0.131. The van der Waals surface area contributed by atoms with Gasteiger partial charge in [-0.1, -0.05) is 18.2 Å². The van der Waals surface area contributed by atoms with Gasteiger partial charge in [-0.3, -0.25) is 4.79 Å². The predicted molar refractivity (Wildman–Crippen MR) is 96.6 cm³/mol. The third-order valence-electron chi connectivity index (χ3n) is 4.53. The monoisotopic (exact) mass is 340 g/mol. The quantitative estimate of drug-likeness (QED) is 0.839. The van der Waals surface area contributed by atoms with Crippen molar-refractivity contribution in [2.24, 2.45) is 0 Å². The molecule has 0 spiro atoms. The average Bonchev–Trinajstić information content (AvgIpc) is 3.11. The number of hydrogen-bond acceptors (Lipinski definition) is 5. The second kappa shape index (κ2) is 8.46. The number of amides is 1. The van der Waals surface area contributed by atoms with Gasteiger partial charge in [0.05, 0.1) is 7.11 Å². The molecule has 2 aromatic rings. The number of methoxy groups -OCH3 is 1. The topological polar surface area (TPSA) is 67.3 Å². The summed E-state index contributed by atoms with van der Waals surface area (Å²) in [6, 6.07) is 10.0. The lowest BCUT2D eigenvalue weighted by Gasteiger charge is -2.25. The Morgan fingerprint density at radius 3 is 2.88 bits per heavy atom. The molecule has 6 heteroatoms. The van der Waals surface area contributed by atoms with E-state index in [1.54, 1.807) is 25.6 Å². The molecular weight excluding hydrogens is 316 g/mol. The molecule has 1 fully saturated rings. The zero-order valence-electron chi connectivity index (χ0n) is 14.5. The number of nitrogens with one attached hydrogen (secondary N) is 1. The molecule has 1 amide bonds. The Labute approximate surface area is 148 Å². The van der Waals surface area contributed by atoms with Gasteiger partial charge in [0.1, 0.15) is 5.75 Å². The molecule has 1 saturated heterocycles. The Morgan fingerprint density at radius 2 is 2.08 bits per heavy atom. The van der Waals surface area contributed by atoms with Crippen molar-refractivity contribution in [1.29, 1.82) is 0 Å². The summed E-state index contributed by atoms with van der Waals surface area (Å²) in [4.78, 5) is 22.8. The fourth-order valence-electron chi connectivity index (χ4n) is 3.32. The van der Waals surface area contributed by atoms with Crippen LogP contribution in [0, 0.1) is 0 Å². The van der Waals surface area contributed by atoms with Crippen LogP contribution < -0.4 is 10.1 Å². The van der Waals surface area contributed by atoms with E-state index in [1.807, 2.05) is 23.1 Å². The zero-order chi connectivity index (χ0) is 17.5. The molecule has 1 N–H and O–H groups in total. The van der Waals surface area contributed by atoms with Crippen molar-refractivity contribution in [1.82, 2.24) is 14.9 Å². The summed E-state index contributed by atoms with van der Waals surface area (Å²) in [5.41, 5.74) is 1.16. The zero-order valence-corrected chi connectivity index (χ0v) is 14.5. The summed E-state index contributed by atoms with van der Waals surface area (Å²) >= 11 is 0. The average molecular weight is 340 g/mol. The summed E-state index contributed by atoms with van der Waals surface area (Å²) in [5.74, 6) is 1.63. The maximum Gasteiger partial charge on any atom is 0.224 e. The number of carbonyl (C=O) groups excluding carboxylic acids is 1. The third kappa shape index (κ3) is 4.47. The van der Waals surface area contributed by atoms with Crippen molar-refractivity contribution in [3.05, 3.63) is 48.3 Å². The highest BCUT2D eigenvalue weighted by atomic mass is 16.5. The molecule has 1 aromatic carbocycles. The Kier molecular flexibility index (Phi) is 5.82. The van der Waals surface area contributed by atoms with Gasteiger partial charge >= 0.3 is 0 Å². The first-order chi connectivity index (χ1) is 12.3. The SMILES string of the molecule is COc1ccccc1C[C@H]1CCCN1C(=O)CCNc1ncccn1. The van der Waals surface area contributed by atoms with Gasteiger partial charge < -0.3 is 15.0 Å². The molecule has 0 aliphatic carbocycles. The number of ether oxygens (including phenoxy) is 1. The van der Waals surface area contributed by atoms with Crippen LogP contribution in [0.25, 0.3) is 0 Å². The number of hydrogen-bond donors (Lipinski definition) is 1. The number of para-hydroxylation sites is 1. The van der Waals surface area contributed by atoms with E-state index in [0.29, 0.717) is 18.9 Å². The Morgan fingerprint density at radius 1 is 1.28 bits per heavy atom. The summed E-state index contributed by atoms with van der Waals surface area (Å²) in [6.45, 7) is 1.38. The smallest absolute Gasteiger partial charge is 0.224 e. The minimum absolute atomic E-state index is 0.181. The molecule has 0 bridgehead atoms. The van der Waals surface area contributed by atoms with Crippen LogP contribution in [0.3, 0.4) is 0 Å². The Hall–Kier alpha value is -2.63. The molecule has 0 radical (unpaired) electrons. The second-order valence-corrected chi connectivity index (χ2v) is 6.15. The fourth-order valence-corrected chi connectivity index (χ4v) is 3.32. The summed E-state index contributed by atoms with van der Waals surface area (Å²) in [7, 11) is 1.69. The Bertz CT molecular complexity index is 693. The van der Waals surface area contributed by atoms with Crippen molar-refractivity contribution in [3.63, 3.8) is 0 Å². The first-order valence-electron chi connectivity index (χ1n) is 8.70. The van der Waals surface area contributed by atoms with Crippen LogP contribution in [0.1, 0.15) is 24.8 Å². The van der Waals surface area contributed by atoms with E-state index in [-0.39, 0.29) is 11.9 Å². The second-order valence-electron chi connectivity index (χ2n) is 6.15. The molecule has 1 atom stereocenters. The molecule has 25 heavy (non-hydrogen) atoms.